The molecule has 5 heteroatoms. The highest BCUT2D eigenvalue weighted by atomic mass is 16.5. The van der Waals surface area contributed by atoms with Gasteiger partial charge in [-0.25, -0.2) is 0 Å². The number of nitrogens with zero attached hydrogens (tertiary/aromatic N) is 1. The summed E-state index contributed by atoms with van der Waals surface area (Å²) in [4.78, 5) is 24.0. The van der Waals surface area contributed by atoms with E-state index in [-0.39, 0.29) is 18.1 Å². The number of nitrogens with one attached hydrogen (secondary N) is 1. The largest absolute Gasteiger partial charge is 0.497 e. The van der Waals surface area contributed by atoms with Crippen molar-refractivity contribution in [3.8, 4) is 11.8 Å². The minimum Gasteiger partial charge on any atom is -0.497 e. The Bertz CT molecular complexity index is 761. The SMILES string of the molecule is COc1ccc(C(=O)CCCC(=O)Nc2ccccc2C#N)cc1. The normalized spacial score (nSPS) is 9.83. The number of carbonyl (C=O) groups excluding carboxylic acids is 2. The fourth-order valence-corrected chi connectivity index (χ4v) is 2.23. The van der Waals surface area contributed by atoms with Crippen LogP contribution >= 0.6 is 0 Å². The number of hydrogen-bond acceptors (Lipinski definition) is 4. The molecule has 0 aliphatic carbocycles. The van der Waals surface area contributed by atoms with Gasteiger partial charge in [0.1, 0.15) is 11.8 Å². The Morgan fingerprint density at radius 1 is 1.08 bits per heavy atom. The van der Waals surface area contributed by atoms with Gasteiger partial charge in [0.25, 0.3) is 0 Å². The third-order valence-corrected chi connectivity index (χ3v) is 3.54. The van der Waals surface area contributed by atoms with Gasteiger partial charge in [-0.3, -0.25) is 9.59 Å². The van der Waals surface area contributed by atoms with Gasteiger partial charge in [-0.05, 0) is 42.8 Å². The van der Waals surface area contributed by atoms with Crippen molar-refractivity contribution >= 4 is 17.4 Å². The number of carbonyl (C=O) groups is 2. The van der Waals surface area contributed by atoms with Crippen LogP contribution in [0, 0.1) is 11.3 Å². The van der Waals surface area contributed by atoms with Crippen molar-refractivity contribution in [2.75, 3.05) is 12.4 Å². The molecule has 0 unspecified atom stereocenters. The molecule has 1 amide bonds. The van der Waals surface area contributed by atoms with E-state index in [0.717, 1.165) is 0 Å². The Hall–Kier alpha value is -3.13. The van der Waals surface area contributed by atoms with Gasteiger partial charge in [0.2, 0.25) is 5.91 Å². The number of nitriles is 1. The second-order valence-electron chi connectivity index (χ2n) is 5.21. The lowest BCUT2D eigenvalue weighted by atomic mass is 10.1. The average molecular weight is 322 g/mol. The van der Waals surface area contributed by atoms with E-state index in [1.807, 2.05) is 6.07 Å². The van der Waals surface area contributed by atoms with Crippen molar-refractivity contribution < 1.29 is 14.3 Å². The van der Waals surface area contributed by atoms with E-state index in [1.54, 1.807) is 55.6 Å². The number of ketones is 1. The van der Waals surface area contributed by atoms with Crippen molar-refractivity contribution in [2.24, 2.45) is 0 Å². The van der Waals surface area contributed by atoms with E-state index in [0.29, 0.717) is 35.4 Å². The summed E-state index contributed by atoms with van der Waals surface area (Å²) < 4.78 is 5.05. The van der Waals surface area contributed by atoms with E-state index in [9.17, 15) is 9.59 Å². The number of para-hydroxylation sites is 1. The molecule has 0 spiro atoms. The number of amides is 1. The van der Waals surface area contributed by atoms with E-state index < -0.39 is 0 Å². The zero-order valence-corrected chi connectivity index (χ0v) is 13.4. The highest BCUT2D eigenvalue weighted by molar-refractivity contribution is 5.97. The third-order valence-electron chi connectivity index (χ3n) is 3.54. The van der Waals surface area contributed by atoms with E-state index >= 15 is 0 Å². The number of benzene rings is 2. The molecule has 24 heavy (non-hydrogen) atoms. The predicted molar refractivity (Wildman–Crippen MR) is 91.0 cm³/mol. The number of Topliss-reactive ketones (excluding diaryl/α,β-unsaturated/α-hetero) is 1. The van der Waals surface area contributed by atoms with Crippen molar-refractivity contribution in [1.29, 1.82) is 5.26 Å². The Labute approximate surface area is 140 Å². The summed E-state index contributed by atoms with van der Waals surface area (Å²) in [7, 11) is 1.57. The first-order chi connectivity index (χ1) is 11.6. The molecule has 0 fully saturated rings. The van der Waals surface area contributed by atoms with Crippen LogP contribution in [0.2, 0.25) is 0 Å². The van der Waals surface area contributed by atoms with E-state index in [4.69, 9.17) is 10.00 Å². The fourth-order valence-electron chi connectivity index (χ4n) is 2.23. The molecular weight excluding hydrogens is 304 g/mol. The maximum absolute atomic E-state index is 12.1. The topological polar surface area (TPSA) is 79.2 Å². The standard InChI is InChI=1S/C19H18N2O3/c1-24-16-11-9-14(10-12-16)18(22)7-4-8-19(23)21-17-6-3-2-5-15(17)13-20/h2-3,5-6,9-12H,4,7-8H2,1H3,(H,21,23). The summed E-state index contributed by atoms with van der Waals surface area (Å²) in [6, 6.07) is 15.7. The molecule has 122 valence electrons. The quantitative estimate of drug-likeness (QED) is 0.791. The maximum Gasteiger partial charge on any atom is 0.224 e. The lowest BCUT2D eigenvalue weighted by molar-refractivity contribution is -0.116. The highest BCUT2D eigenvalue weighted by Crippen LogP contribution is 2.16. The Morgan fingerprint density at radius 3 is 2.46 bits per heavy atom. The van der Waals surface area contributed by atoms with Gasteiger partial charge in [-0.15, -0.1) is 0 Å². The lowest BCUT2D eigenvalue weighted by Crippen LogP contribution is -2.13. The van der Waals surface area contributed by atoms with Crippen molar-refractivity contribution in [3.05, 3.63) is 59.7 Å². The van der Waals surface area contributed by atoms with Gasteiger partial charge in [-0.2, -0.15) is 5.26 Å². The minimum atomic E-state index is -0.208. The van der Waals surface area contributed by atoms with Crippen LogP contribution in [0.4, 0.5) is 5.69 Å². The van der Waals surface area contributed by atoms with Gasteiger partial charge in [0.15, 0.2) is 5.78 Å². The molecule has 0 heterocycles. The average Bonchev–Trinajstić information content (AvgIpc) is 2.62. The zero-order valence-electron chi connectivity index (χ0n) is 13.4. The van der Waals surface area contributed by atoms with Crippen molar-refractivity contribution in [1.82, 2.24) is 0 Å². The first-order valence-corrected chi connectivity index (χ1v) is 7.60. The van der Waals surface area contributed by atoms with Crippen LogP contribution in [-0.2, 0) is 4.79 Å². The number of ether oxygens (including phenoxy) is 1. The van der Waals surface area contributed by atoms with E-state index in [2.05, 4.69) is 5.32 Å². The molecule has 0 aromatic heterocycles. The van der Waals surface area contributed by atoms with Crippen molar-refractivity contribution in [2.45, 2.75) is 19.3 Å². The van der Waals surface area contributed by atoms with Gasteiger partial charge in [0.05, 0.1) is 18.4 Å². The van der Waals surface area contributed by atoms with Crippen LogP contribution in [0.1, 0.15) is 35.2 Å². The summed E-state index contributed by atoms with van der Waals surface area (Å²) in [5.74, 6) is 0.477. The van der Waals surface area contributed by atoms with Crippen LogP contribution in [0.15, 0.2) is 48.5 Å². The third kappa shape index (κ3) is 4.68. The monoisotopic (exact) mass is 322 g/mol. The van der Waals surface area contributed by atoms with Crippen LogP contribution in [-0.4, -0.2) is 18.8 Å². The molecular formula is C19H18N2O3. The first-order valence-electron chi connectivity index (χ1n) is 7.60. The van der Waals surface area contributed by atoms with Crippen molar-refractivity contribution in [3.63, 3.8) is 0 Å². The molecule has 0 saturated heterocycles. The summed E-state index contributed by atoms with van der Waals surface area (Å²) in [5, 5.41) is 11.7. The highest BCUT2D eigenvalue weighted by Gasteiger charge is 2.09. The fraction of sp³-hybridized carbons (Fsp3) is 0.211. The zero-order chi connectivity index (χ0) is 17.4. The number of anilines is 1. The molecule has 5 nitrogen and oxygen atoms in total. The molecule has 0 atom stereocenters. The molecule has 0 radical (unpaired) electrons. The first kappa shape index (κ1) is 17.2. The molecule has 0 aliphatic rings. The molecule has 2 rings (SSSR count). The molecule has 0 bridgehead atoms. The second kappa shape index (κ2) is 8.49. The Balaban J connectivity index is 1.81. The summed E-state index contributed by atoms with van der Waals surface area (Å²) >= 11 is 0. The Kier molecular flexibility index (Phi) is 6.09. The van der Waals surface area contributed by atoms with Gasteiger partial charge in [-0.1, -0.05) is 12.1 Å². The minimum absolute atomic E-state index is 0.0112. The molecule has 0 saturated carbocycles. The molecule has 0 aliphatic heterocycles. The molecule has 2 aromatic rings. The van der Waals surface area contributed by atoms with Crippen LogP contribution in [0.5, 0.6) is 5.75 Å². The number of methoxy groups -OCH3 is 1. The van der Waals surface area contributed by atoms with Gasteiger partial charge >= 0.3 is 0 Å². The summed E-state index contributed by atoms with van der Waals surface area (Å²) in [6.45, 7) is 0. The number of hydrogen-bond donors (Lipinski definition) is 1. The van der Waals surface area contributed by atoms with E-state index in [1.165, 1.54) is 0 Å². The van der Waals surface area contributed by atoms with Gasteiger partial charge in [0, 0.05) is 18.4 Å². The smallest absolute Gasteiger partial charge is 0.224 e. The van der Waals surface area contributed by atoms with Crippen LogP contribution in [0.25, 0.3) is 0 Å². The molecule has 2 aromatic carbocycles. The maximum atomic E-state index is 12.1. The summed E-state index contributed by atoms with van der Waals surface area (Å²) in [6.07, 6.45) is 0.965. The predicted octanol–water partition coefficient (Wildman–Crippen LogP) is 3.56. The second-order valence-corrected chi connectivity index (χ2v) is 5.21. The van der Waals surface area contributed by atoms with Gasteiger partial charge < -0.3 is 10.1 Å². The lowest BCUT2D eigenvalue weighted by Gasteiger charge is -2.07. The molecule has 1 N–H and O–H groups in total. The number of rotatable bonds is 7. The van der Waals surface area contributed by atoms with Crippen LogP contribution < -0.4 is 10.1 Å². The van der Waals surface area contributed by atoms with Crippen LogP contribution in [0.3, 0.4) is 0 Å². The Morgan fingerprint density at radius 2 is 1.79 bits per heavy atom. The summed E-state index contributed by atoms with van der Waals surface area (Å²) in [5.41, 5.74) is 1.51.